The number of hydrogen-bond donors (Lipinski definition) is 3. The summed E-state index contributed by atoms with van der Waals surface area (Å²) in [5.41, 5.74) is 6.72. The molecule has 0 saturated carbocycles. The highest BCUT2D eigenvalue weighted by molar-refractivity contribution is 5.57. The van der Waals surface area contributed by atoms with Gasteiger partial charge in [0.15, 0.2) is 5.75 Å². The van der Waals surface area contributed by atoms with Gasteiger partial charge in [-0.25, -0.2) is 0 Å². The molecule has 0 heterocycles. The van der Waals surface area contributed by atoms with E-state index in [1.165, 1.54) is 13.2 Å². The van der Waals surface area contributed by atoms with Gasteiger partial charge in [0.05, 0.1) is 24.2 Å². The second-order valence-corrected chi connectivity index (χ2v) is 5.13. The number of benzene rings is 2. The Morgan fingerprint density at radius 1 is 1.30 bits per heavy atom. The number of phenolic OH excluding ortho intramolecular Hbond substituents is 1. The smallest absolute Gasteiger partial charge is 0.314 e. The minimum Gasteiger partial charge on any atom is -0.500 e. The van der Waals surface area contributed by atoms with Crippen LogP contribution in [-0.4, -0.2) is 28.4 Å². The molecule has 23 heavy (non-hydrogen) atoms. The Balaban J connectivity index is 2.29. The molecular formula is C16H18N2O5. The van der Waals surface area contributed by atoms with E-state index >= 15 is 0 Å². The summed E-state index contributed by atoms with van der Waals surface area (Å²) in [6.45, 7) is 0. The van der Waals surface area contributed by atoms with E-state index in [4.69, 9.17) is 10.5 Å². The van der Waals surface area contributed by atoms with Gasteiger partial charge in [-0.1, -0.05) is 30.3 Å². The molecule has 0 aliphatic heterocycles. The Hall–Kier alpha value is -2.64. The van der Waals surface area contributed by atoms with Crippen molar-refractivity contribution >= 4 is 5.69 Å². The number of aliphatic hydroxyl groups excluding tert-OH is 1. The summed E-state index contributed by atoms with van der Waals surface area (Å²) >= 11 is 0. The lowest BCUT2D eigenvalue weighted by molar-refractivity contribution is -0.386. The summed E-state index contributed by atoms with van der Waals surface area (Å²) in [5.74, 6) is -0.623. The first kappa shape index (κ1) is 16.7. The molecule has 0 spiro atoms. The largest absolute Gasteiger partial charge is 0.500 e. The van der Waals surface area contributed by atoms with Gasteiger partial charge in [-0.05, 0) is 17.2 Å². The molecule has 122 valence electrons. The van der Waals surface area contributed by atoms with Crippen LogP contribution in [-0.2, 0) is 6.42 Å². The van der Waals surface area contributed by atoms with Gasteiger partial charge < -0.3 is 20.7 Å². The highest BCUT2D eigenvalue weighted by atomic mass is 16.6. The number of nitrogens with two attached hydrogens (primary N) is 1. The predicted molar refractivity (Wildman–Crippen MR) is 84.4 cm³/mol. The Bertz CT molecular complexity index is 690. The van der Waals surface area contributed by atoms with E-state index in [0.29, 0.717) is 12.0 Å². The standard InChI is InChI=1S/C16H18N2O5/c1-23-14-9-11(8-12(16(14)20)18(21)22)15(17)13(19)7-10-5-3-2-4-6-10/h2-6,8-9,13,15,19-20H,7,17H2,1H3/t13-,15+/m1/s1. The molecule has 4 N–H and O–H groups in total. The second-order valence-electron chi connectivity index (χ2n) is 5.13. The van der Waals surface area contributed by atoms with Gasteiger partial charge in [0.1, 0.15) is 0 Å². The first-order chi connectivity index (χ1) is 10.9. The van der Waals surface area contributed by atoms with Crippen molar-refractivity contribution in [3.8, 4) is 11.5 Å². The van der Waals surface area contributed by atoms with Crippen LogP contribution in [0.5, 0.6) is 11.5 Å². The van der Waals surface area contributed by atoms with Crippen molar-refractivity contribution in [3.63, 3.8) is 0 Å². The lowest BCUT2D eigenvalue weighted by Crippen LogP contribution is -2.28. The monoisotopic (exact) mass is 318 g/mol. The quantitative estimate of drug-likeness (QED) is 0.553. The molecule has 0 amide bonds. The molecular weight excluding hydrogens is 300 g/mol. The van der Waals surface area contributed by atoms with Crippen LogP contribution in [0.2, 0.25) is 0 Å². The van der Waals surface area contributed by atoms with E-state index in [0.717, 1.165) is 11.6 Å². The van der Waals surface area contributed by atoms with Crippen molar-refractivity contribution in [2.75, 3.05) is 7.11 Å². The summed E-state index contributed by atoms with van der Waals surface area (Å²) in [5, 5.41) is 31.1. The van der Waals surface area contributed by atoms with Crippen LogP contribution in [0.25, 0.3) is 0 Å². The zero-order valence-electron chi connectivity index (χ0n) is 12.5. The number of hydrogen-bond acceptors (Lipinski definition) is 6. The molecule has 0 aliphatic carbocycles. The van der Waals surface area contributed by atoms with Gasteiger partial charge in [-0.3, -0.25) is 10.1 Å². The number of methoxy groups -OCH3 is 1. The molecule has 0 bridgehead atoms. The van der Waals surface area contributed by atoms with Crippen LogP contribution in [0.3, 0.4) is 0 Å². The van der Waals surface area contributed by atoms with Crippen LogP contribution in [0, 0.1) is 10.1 Å². The van der Waals surface area contributed by atoms with Crippen LogP contribution in [0.4, 0.5) is 5.69 Å². The van der Waals surface area contributed by atoms with E-state index in [9.17, 15) is 20.3 Å². The lowest BCUT2D eigenvalue weighted by Gasteiger charge is -2.20. The van der Waals surface area contributed by atoms with Crippen molar-refractivity contribution < 1.29 is 19.9 Å². The Morgan fingerprint density at radius 3 is 2.52 bits per heavy atom. The zero-order chi connectivity index (χ0) is 17.0. The minimum atomic E-state index is -0.939. The fourth-order valence-corrected chi connectivity index (χ4v) is 2.31. The van der Waals surface area contributed by atoms with Crippen LogP contribution < -0.4 is 10.5 Å². The highest BCUT2D eigenvalue weighted by Gasteiger charge is 2.25. The van der Waals surface area contributed by atoms with Gasteiger partial charge in [0, 0.05) is 12.5 Å². The summed E-state index contributed by atoms with van der Waals surface area (Å²) in [7, 11) is 1.29. The summed E-state index contributed by atoms with van der Waals surface area (Å²) in [6, 6.07) is 11.0. The Morgan fingerprint density at radius 2 is 1.96 bits per heavy atom. The number of rotatable bonds is 6. The van der Waals surface area contributed by atoms with Crippen molar-refractivity contribution in [2.45, 2.75) is 18.6 Å². The van der Waals surface area contributed by atoms with Crippen molar-refractivity contribution in [1.29, 1.82) is 0 Å². The van der Waals surface area contributed by atoms with E-state index < -0.39 is 28.5 Å². The number of aliphatic hydroxyl groups is 1. The molecule has 2 aromatic rings. The summed E-state index contributed by atoms with van der Waals surface area (Å²) in [6.07, 6.45) is -0.634. The minimum absolute atomic E-state index is 0.0587. The average molecular weight is 318 g/mol. The molecule has 0 fully saturated rings. The SMILES string of the molecule is COc1cc([C@H](N)[C@H](O)Cc2ccccc2)cc([N+](=O)[O-])c1O. The van der Waals surface area contributed by atoms with Crippen molar-refractivity contribution in [2.24, 2.45) is 5.73 Å². The maximum Gasteiger partial charge on any atom is 0.314 e. The van der Waals surface area contributed by atoms with Crippen molar-refractivity contribution in [3.05, 3.63) is 63.7 Å². The third-order valence-corrected chi connectivity index (χ3v) is 3.58. The zero-order valence-corrected chi connectivity index (χ0v) is 12.5. The van der Waals surface area contributed by atoms with Gasteiger partial charge >= 0.3 is 5.69 Å². The molecule has 0 radical (unpaired) electrons. The fraction of sp³-hybridized carbons (Fsp3) is 0.250. The Kier molecular flexibility index (Phi) is 5.15. The first-order valence-corrected chi connectivity index (χ1v) is 6.97. The van der Waals surface area contributed by atoms with Gasteiger partial charge in [-0.15, -0.1) is 0 Å². The molecule has 0 unspecified atom stereocenters. The highest BCUT2D eigenvalue weighted by Crippen LogP contribution is 2.38. The maximum atomic E-state index is 11.0. The van der Waals surface area contributed by atoms with Crippen LogP contribution in [0.1, 0.15) is 17.2 Å². The van der Waals surface area contributed by atoms with Gasteiger partial charge in [-0.2, -0.15) is 0 Å². The number of nitro benzene ring substituents is 1. The number of nitrogens with zero attached hydrogens (tertiary/aromatic N) is 1. The molecule has 0 saturated heterocycles. The third kappa shape index (κ3) is 3.77. The molecule has 2 rings (SSSR count). The second kappa shape index (κ2) is 7.08. The lowest BCUT2D eigenvalue weighted by atomic mass is 9.96. The van der Waals surface area contributed by atoms with E-state index in [1.807, 2.05) is 30.3 Å². The molecule has 7 nitrogen and oxygen atoms in total. The number of phenols is 1. The topological polar surface area (TPSA) is 119 Å². The number of ether oxygens (including phenoxy) is 1. The van der Waals surface area contributed by atoms with Crippen molar-refractivity contribution in [1.82, 2.24) is 0 Å². The Labute approximate surface area is 133 Å². The predicted octanol–water partition coefficient (Wildman–Crippen LogP) is 1.91. The molecule has 7 heteroatoms. The summed E-state index contributed by atoms with van der Waals surface area (Å²) < 4.78 is 4.93. The molecule has 2 aromatic carbocycles. The fourth-order valence-electron chi connectivity index (χ4n) is 2.31. The molecule has 0 aromatic heterocycles. The van der Waals surface area contributed by atoms with E-state index in [-0.39, 0.29) is 5.75 Å². The van der Waals surface area contributed by atoms with Crippen LogP contribution >= 0.6 is 0 Å². The first-order valence-electron chi connectivity index (χ1n) is 6.97. The van der Waals surface area contributed by atoms with E-state index in [1.54, 1.807) is 0 Å². The number of nitro groups is 1. The molecule has 0 aliphatic rings. The normalized spacial score (nSPS) is 13.3. The maximum absolute atomic E-state index is 11.0. The average Bonchev–Trinajstić information content (AvgIpc) is 2.55. The number of aromatic hydroxyl groups is 1. The van der Waals surface area contributed by atoms with Gasteiger partial charge in [0.25, 0.3) is 0 Å². The van der Waals surface area contributed by atoms with Crippen LogP contribution in [0.15, 0.2) is 42.5 Å². The van der Waals surface area contributed by atoms with Gasteiger partial charge in [0.2, 0.25) is 5.75 Å². The third-order valence-electron chi connectivity index (χ3n) is 3.58. The van der Waals surface area contributed by atoms with E-state index in [2.05, 4.69) is 0 Å². The summed E-state index contributed by atoms with van der Waals surface area (Å²) in [4.78, 5) is 10.3. The molecule has 2 atom stereocenters.